The zero-order valence-corrected chi connectivity index (χ0v) is 19.4. The Kier molecular flexibility index (Phi) is 11.3. The Balaban J connectivity index is 3.01. The lowest BCUT2D eigenvalue weighted by molar-refractivity contribution is -0.142. The highest BCUT2D eigenvalue weighted by Gasteiger charge is 2.33. The van der Waals surface area contributed by atoms with Gasteiger partial charge in [0.05, 0.1) is 25.2 Å². The van der Waals surface area contributed by atoms with Crippen LogP contribution in [0.5, 0.6) is 0 Å². The molecule has 15 nitrogen and oxygen atoms in total. The zero-order chi connectivity index (χ0) is 26.7. The molecule has 5 atom stereocenters. The average Bonchev–Trinajstić information content (AvgIpc) is 3.27. The van der Waals surface area contributed by atoms with Gasteiger partial charge >= 0.3 is 5.97 Å². The summed E-state index contributed by atoms with van der Waals surface area (Å²) in [6.07, 6.45) is 1.94. The van der Waals surface area contributed by atoms with E-state index in [1.807, 2.05) is 0 Å². The molecule has 1 aromatic heterocycles. The van der Waals surface area contributed by atoms with Crippen LogP contribution >= 0.6 is 0 Å². The summed E-state index contributed by atoms with van der Waals surface area (Å²) >= 11 is 0. The van der Waals surface area contributed by atoms with Gasteiger partial charge in [0.15, 0.2) is 0 Å². The first-order valence-corrected chi connectivity index (χ1v) is 10.8. The van der Waals surface area contributed by atoms with Crippen LogP contribution in [-0.4, -0.2) is 74.7 Å². The van der Waals surface area contributed by atoms with E-state index in [0.29, 0.717) is 12.1 Å². The molecule has 1 rings (SSSR count). The minimum atomic E-state index is -1.52. The van der Waals surface area contributed by atoms with E-state index in [4.69, 9.17) is 17.2 Å². The second-order valence-electron chi connectivity index (χ2n) is 8.06. The first-order valence-electron chi connectivity index (χ1n) is 10.8. The van der Waals surface area contributed by atoms with Gasteiger partial charge in [-0.15, -0.1) is 0 Å². The second-order valence-corrected chi connectivity index (χ2v) is 8.06. The molecule has 0 aliphatic rings. The number of primary amides is 2. The maximum atomic E-state index is 13.0. The largest absolute Gasteiger partial charge is 0.480 e. The number of hydrogen-bond acceptors (Lipinski definition) is 8. The van der Waals surface area contributed by atoms with Gasteiger partial charge in [0, 0.05) is 18.3 Å². The van der Waals surface area contributed by atoms with Crippen molar-refractivity contribution < 1.29 is 33.9 Å². The van der Waals surface area contributed by atoms with E-state index in [1.165, 1.54) is 12.5 Å². The highest BCUT2D eigenvalue weighted by molar-refractivity contribution is 5.96. The lowest BCUT2D eigenvalue weighted by atomic mass is 9.97. The number of imidazole rings is 1. The van der Waals surface area contributed by atoms with Gasteiger partial charge in [0.2, 0.25) is 29.5 Å². The smallest absolute Gasteiger partial charge is 0.326 e. The number of carboxylic acids is 1. The van der Waals surface area contributed by atoms with E-state index in [1.54, 1.807) is 13.8 Å². The van der Waals surface area contributed by atoms with Crippen molar-refractivity contribution in [1.29, 1.82) is 0 Å². The fourth-order valence-corrected chi connectivity index (χ4v) is 3.03. The summed E-state index contributed by atoms with van der Waals surface area (Å²) in [7, 11) is 0. The zero-order valence-electron chi connectivity index (χ0n) is 19.4. The van der Waals surface area contributed by atoms with Gasteiger partial charge in [0.1, 0.15) is 18.1 Å². The summed E-state index contributed by atoms with van der Waals surface area (Å²) in [6.45, 7) is 3.40. The summed E-state index contributed by atoms with van der Waals surface area (Å²) < 4.78 is 0. The van der Waals surface area contributed by atoms with Crippen LogP contribution in [0, 0.1) is 5.92 Å². The molecule has 11 N–H and O–H groups in total. The first-order chi connectivity index (χ1) is 16.3. The molecule has 35 heavy (non-hydrogen) atoms. The Morgan fingerprint density at radius 3 is 2.06 bits per heavy atom. The van der Waals surface area contributed by atoms with Gasteiger partial charge in [-0.05, 0) is 5.92 Å². The number of amides is 5. The maximum Gasteiger partial charge on any atom is 0.326 e. The third-order valence-electron chi connectivity index (χ3n) is 5.18. The summed E-state index contributed by atoms with van der Waals surface area (Å²) in [6, 6.07) is -5.40. The van der Waals surface area contributed by atoms with Gasteiger partial charge in [-0.25, -0.2) is 9.78 Å². The number of carbonyl (C=O) groups excluding carboxylic acids is 5. The second kappa shape index (κ2) is 13.6. The average molecular weight is 497 g/mol. The number of carbonyl (C=O) groups is 6. The van der Waals surface area contributed by atoms with E-state index in [-0.39, 0.29) is 6.42 Å². The summed E-state index contributed by atoms with van der Waals surface area (Å²) in [5.74, 6) is -6.15. The molecule has 0 saturated carbocycles. The number of hydrogen-bond donors (Lipinski definition) is 8. The predicted octanol–water partition coefficient (Wildman–Crippen LogP) is -3.38. The number of aliphatic carboxylic acids is 1. The lowest BCUT2D eigenvalue weighted by Crippen LogP contribution is -2.59. The maximum absolute atomic E-state index is 13.0. The molecule has 15 heteroatoms. The lowest BCUT2D eigenvalue weighted by Gasteiger charge is -2.27. The highest BCUT2D eigenvalue weighted by atomic mass is 16.4. The molecule has 0 fully saturated rings. The quantitative estimate of drug-likeness (QED) is 0.120. The Labute approximate surface area is 200 Å². The van der Waals surface area contributed by atoms with Crippen LogP contribution < -0.4 is 33.2 Å². The van der Waals surface area contributed by atoms with Crippen LogP contribution in [0.2, 0.25) is 0 Å². The molecule has 0 radical (unpaired) electrons. The molecule has 0 bridgehead atoms. The van der Waals surface area contributed by atoms with Gasteiger partial charge in [-0.2, -0.15) is 0 Å². The van der Waals surface area contributed by atoms with Crippen molar-refractivity contribution in [3.8, 4) is 0 Å². The number of rotatable bonds is 15. The molecule has 5 amide bonds. The van der Waals surface area contributed by atoms with Crippen LogP contribution in [0.25, 0.3) is 0 Å². The van der Waals surface area contributed by atoms with Crippen molar-refractivity contribution in [3.05, 3.63) is 18.2 Å². The Morgan fingerprint density at radius 1 is 0.971 bits per heavy atom. The molecular formula is C20H32N8O7. The fourth-order valence-electron chi connectivity index (χ4n) is 3.03. The van der Waals surface area contributed by atoms with Crippen molar-refractivity contribution in [2.45, 2.75) is 63.7 Å². The van der Waals surface area contributed by atoms with Gasteiger partial charge in [-0.3, -0.25) is 24.0 Å². The van der Waals surface area contributed by atoms with Crippen LogP contribution in [0.1, 0.15) is 38.8 Å². The van der Waals surface area contributed by atoms with E-state index >= 15 is 0 Å². The van der Waals surface area contributed by atoms with Crippen LogP contribution in [0.3, 0.4) is 0 Å². The Bertz CT molecular complexity index is 921. The van der Waals surface area contributed by atoms with Gasteiger partial charge < -0.3 is 43.2 Å². The standard InChI is InChI=1S/C20H32N8O7/c1-3-9(2)16(28-17(31)11(21)5-14(22)29)19(33)26-12(6-15(23)30)18(32)27-13(20(34)35)4-10-7-24-8-25-10/h7-9,11-13,16H,3-6,21H2,1-2H3,(H2,22,29)(H2,23,30)(H,24,25)(H,26,33)(H,27,32)(H,28,31)(H,34,35). The molecule has 1 heterocycles. The van der Waals surface area contributed by atoms with Gasteiger partial charge in [-0.1, -0.05) is 20.3 Å². The molecule has 0 aliphatic carbocycles. The van der Waals surface area contributed by atoms with Crippen molar-refractivity contribution in [2.24, 2.45) is 23.1 Å². The molecule has 0 aliphatic heterocycles. The number of nitrogens with zero attached hydrogens (tertiary/aromatic N) is 1. The number of nitrogens with two attached hydrogens (primary N) is 3. The first kappa shape index (κ1) is 29.0. The fraction of sp³-hybridized carbons (Fsp3) is 0.550. The minimum absolute atomic E-state index is 0.137. The normalized spacial score (nSPS) is 15.1. The summed E-state index contributed by atoms with van der Waals surface area (Å²) in [4.78, 5) is 78.8. The summed E-state index contributed by atoms with van der Waals surface area (Å²) in [5.41, 5.74) is 16.3. The van der Waals surface area contributed by atoms with Crippen LogP contribution in [-0.2, 0) is 35.2 Å². The van der Waals surface area contributed by atoms with Crippen molar-refractivity contribution in [2.75, 3.05) is 0 Å². The molecule has 0 aromatic carbocycles. The number of H-pyrrole nitrogens is 1. The predicted molar refractivity (Wildman–Crippen MR) is 121 cm³/mol. The minimum Gasteiger partial charge on any atom is -0.480 e. The topological polar surface area (TPSA) is 265 Å². The summed E-state index contributed by atoms with van der Waals surface area (Å²) in [5, 5.41) is 16.5. The van der Waals surface area contributed by atoms with Crippen molar-refractivity contribution in [1.82, 2.24) is 25.9 Å². The molecular weight excluding hydrogens is 464 g/mol. The molecule has 5 unspecified atom stereocenters. The molecule has 1 aromatic rings. The van der Waals surface area contributed by atoms with E-state index < -0.39 is 78.4 Å². The van der Waals surface area contributed by atoms with E-state index in [9.17, 15) is 33.9 Å². The van der Waals surface area contributed by atoms with E-state index in [2.05, 4.69) is 25.9 Å². The number of nitrogens with one attached hydrogen (secondary N) is 4. The molecule has 0 saturated heterocycles. The molecule has 0 spiro atoms. The number of aromatic nitrogens is 2. The van der Waals surface area contributed by atoms with Crippen molar-refractivity contribution in [3.63, 3.8) is 0 Å². The monoisotopic (exact) mass is 496 g/mol. The third-order valence-corrected chi connectivity index (χ3v) is 5.18. The van der Waals surface area contributed by atoms with Crippen LogP contribution in [0.15, 0.2) is 12.5 Å². The number of aromatic amines is 1. The Hall–Kier alpha value is -4.01. The molecule has 194 valence electrons. The third kappa shape index (κ3) is 9.79. The SMILES string of the molecule is CCC(C)C(NC(=O)C(N)CC(N)=O)C(=O)NC(CC(N)=O)C(=O)NC(Cc1cnc[nH]1)C(=O)O. The Morgan fingerprint density at radius 2 is 1.57 bits per heavy atom. The van der Waals surface area contributed by atoms with Crippen LogP contribution in [0.4, 0.5) is 0 Å². The van der Waals surface area contributed by atoms with E-state index in [0.717, 1.165) is 0 Å². The van der Waals surface area contributed by atoms with Gasteiger partial charge in [0.25, 0.3) is 0 Å². The highest BCUT2D eigenvalue weighted by Crippen LogP contribution is 2.10. The van der Waals surface area contributed by atoms with Crippen molar-refractivity contribution >= 4 is 35.5 Å². The number of carboxylic acid groups (broad SMARTS) is 1.